The number of carbonyl (C=O) groups excluding carboxylic acids is 1. The maximum absolute atomic E-state index is 12.7. The molecule has 126 valence electrons. The second-order valence-corrected chi connectivity index (χ2v) is 6.05. The summed E-state index contributed by atoms with van der Waals surface area (Å²) in [7, 11) is 1.65. The van der Waals surface area contributed by atoms with E-state index in [2.05, 4.69) is 9.97 Å². The summed E-state index contributed by atoms with van der Waals surface area (Å²) in [6.45, 7) is 1.89. The van der Waals surface area contributed by atoms with Crippen LogP contribution in [0.2, 0.25) is 0 Å². The fourth-order valence-corrected chi connectivity index (χ4v) is 3.13. The molecule has 1 aromatic heterocycles. The van der Waals surface area contributed by atoms with Crippen LogP contribution in [0.1, 0.15) is 40.4 Å². The second kappa shape index (κ2) is 7.40. The van der Waals surface area contributed by atoms with E-state index in [4.69, 9.17) is 4.74 Å². The van der Waals surface area contributed by atoms with E-state index < -0.39 is 0 Å². The van der Waals surface area contributed by atoms with Crippen LogP contribution < -0.4 is 5.69 Å². The lowest BCUT2D eigenvalue weighted by Crippen LogP contribution is -2.39. The zero-order valence-electron chi connectivity index (χ0n) is 13.7. The van der Waals surface area contributed by atoms with E-state index in [-0.39, 0.29) is 17.5 Å². The third-order valence-corrected chi connectivity index (χ3v) is 4.36. The number of benzene rings is 1. The van der Waals surface area contributed by atoms with Gasteiger partial charge in [0.2, 0.25) is 0 Å². The van der Waals surface area contributed by atoms with Crippen molar-refractivity contribution < 1.29 is 9.53 Å². The first-order valence-corrected chi connectivity index (χ1v) is 8.10. The van der Waals surface area contributed by atoms with Gasteiger partial charge in [-0.1, -0.05) is 12.1 Å². The van der Waals surface area contributed by atoms with Gasteiger partial charge in [-0.25, -0.2) is 9.78 Å². The van der Waals surface area contributed by atoms with Crippen molar-refractivity contribution in [2.75, 3.05) is 20.2 Å². The third kappa shape index (κ3) is 3.71. The molecule has 1 aliphatic heterocycles. The molecular formula is C18H21N3O3. The molecular weight excluding hydrogens is 306 g/mol. The first-order valence-electron chi connectivity index (χ1n) is 8.10. The van der Waals surface area contributed by atoms with E-state index in [9.17, 15) is 9.59 Å². The molecule has 0 radical (unpaired) electrons. The molecule has 1 amide bonds. The molecule has 1 N–H and O–H groups in total. The predicted molar refractivity (Wildman–Crippen MR) is 89.9 cm³/mol. The standard InChI is InChI=1S/C18H21N3O3/c1-24-12-13-4-6-14(7-5-13)17(22)21-10-2-3-15(11-21)16-8-9-19-18(23)20-16/h4-9,15H,2-3,10-12H2,1H3,(H,19,20,23). The summed E-state index contributed by atoms with van der Waals surface area (Å²) in [5.41, 5.74) is 2.23. The molecule has 6 heteroatoms. The minimum absolute atomic E-state index is 0.0278. The van der Waals surface area contributed by atoms with E-state index in [1.54, 1.807) is 7.11 Å². The number of nitrogens with zero attached hydrogens (tertiary/aromatic N) is 2. The number of ether oxygens (including phenoxy) is 1. The quantitative estimate of drug-likeness (QED) is 0.931. The number of aromatic nitrogens is 2. The lowest BCUT2D eigenvalue weighted by molar-refractivity contribution is 0.0705. The van der Waals surface area contributed by atoms with E-state index >= 15 is 0 Å². The SMILES string of the molecule is COCc1ccc(C(=O)N2CCCC(c3ccnc(=O)[nH]3)C2)cc1. The zero-order chi connectivity index (χ0) is 16.9. The van der Waals surface area contributed by atoms with Crippen LogP contribution >= 0.6 is 0 Å². The summed E-state index contributed by atoms with van der Waals surface area (Å²) in [4.78, 5) is 32.4. The maximum atomic E-state index is 12.7. The molecule has 24 heavy (non-hydrogen) atoms. The first kappa shape index (κ1) is 16.4. The van der Waals surface area contributed by atoms with Crippen LogP contribution in [0.3, 0.4) is 0 Å². The van der Waals surface area contributed by atoms with E-state index in [1.165, 1.54) is 6.20 Å². The number of nitrogens with one attached hydrogen (secondary N) is 1. The van der Waals surface area contributed by atoms with Gasteiger partial charge < -0.3 is 14.6 Å². The molecule has 1 fully saturated rings. The molecule has 1 aromatic carbocycles. The second-order valence-electron chi connectivity index (χ2n) is 6.05. The van der Waals surface area contributed by atoms with Crippen molar-refractivity contribution in [2.45, 2.75) is 25.4 Å². The Balaban J connectivity index is 1.72. The fraction of sp³-hybridized carbons (Fsp3) is 0.389. The van der Waals surface area contributed by atoms with Crippen molar-refractivity contribution in [1.29, 1.82) is 0 Å². The first-order chi connectivity index (χ1) is 11.7. The highest BCUT2D eigenvalue weighted by atomic mass is 16.5. The van der Waals surface area contributed by atoms with Gasteiger partial charge in [-0.15, -0.1) is 0 Å². The van der Waals surface area contributed by atoms with Crippen LogP contribution in [0, 0.1) is 0 Å². The van der Waals surface area contributed by atoms with Crippen molar-refractivity contribution >= 4 is 5.91 Å². The van der Waals surface area contributed by atoms with Gasteiger partial charge in [0, 0.05) is 43.6 Å². The normalized spacial score (nSPS) is 17.7. The molecule has 0 bridgehead atoms. The van der Waals surface area contributed by atoms with E-state index in [0.717, 1.165) is 30.6 Å². The van der Waals surface area contributed by atoms with Crippen molar-refractivity contribution in [2.24, 2.45) is 0 Å². The number of likely N-dealkylation sites (tertiary alicyclic amines) is 1. The highest BCUT2D eigenvalue weighted by Crippen LogP contribution is 2.25. The van der Waals surface area contributed by atoms with Gasteiger partial charge in [0.1, 0.15) is 0 Å². The number of aromatic amines is 1. The van der Waals surface area contributed by atoms with Crippen LogP contribution in [0.25, 0.3) is 0 Å². The minimum atomic E-state index is -0.343. The van der Waals surface area contributed by atoms with Gasteiger partial charge in [0.25, 0.3) is 5.91 Å². The lowest BCUT2D eigenvalue weighted by atomic mass is 9.94. The van der Waals surface area contributed by atoms with Crippen molar-refractivity contribution in [3.63, 3.8) is 0 Å². The lowest BCUT2D eigenvalue weighted by Gasteiger charge is -2.32. The molecule has 2 aromatic rings. The van der Waals surface area contributed by atoms with Gasteiger partial charge in [-0.2, -0.15) is 0 Å². The molecule has 0 aliphatic carbocycles. The van der Waals surface area contributed by atoms with Crippen molar-refractivity contribution in [1.82, 2.24) is 14.9 Å². The Hall–Kier alpha value is -2.47. The number of H-pyrrole nitrogens is 1. The van der Waals surface area contributed by atoms with Gasteiger partial charge in [-0.3, -0.25) is 4.79 Å². The Morgan fingerprint density at radius 1 is 1.33 bits per heavy atom. The van der Waals surface area contributed by atoms with Crippen molar-refractivity contribution in [3.05, 3.63) is 63.8 Å². The topological polar surface area (TPSA) is 75.3 Å². The van der Waals surface area contributed by atoms with Gasteiger partial charge in [0.15, 0.2) is 0 Å². The third-order valence-electron chi connectivity index (χ3n) is 4.36. The Bertz CT molecular complexity index is 755. The van der Waals surface area contributed by atoms with Gasteiger partial charge in [0.05, 0.1) is 6.61 Å². The monoisotopic (exact) mass is 327 g/mol. The molecule has 2 heterocycles. The molecule has 1 aliphatic rings. The van der Waals surface area contributed by atoms with Crippen LogP contribution in [0.4, 0.5) is 0 Å². The summed E-state index contributed by atoms with van der Waals surface area (Å²) in [6, 6.07) is 9.33. The molecule has 6 nitrogen and oxygen atoms in total. The smallest absolute Gasteiger partial charge is 0.345 e. The average Bonchev–Trinajstić information content (AvgIpc) is 2.62. The van der Waals surface area contributed by atoms with Crippen LogP contribution in [0.15, 0.2) is 41.3 Å². The summed E-state index contributed by atoms with van der Waals surface area (Å²) >= 11 is 0. The summed E-state index contributed by atoms with van der Waals surface area (Å²) in [5, 5.41) is 0. The van der Waals surface area contributed by atoms with Crippen LogP contribution in [-0.2, 0) is 11.3 Å². The summed E-state index contributed by atoms with van der Waals surface area (Å²) < 4.78 is 5.09. The Morgan fingerprint density at radius 3 is 2.83 bits per heavy atom. The number of carbonyl (C=O) groups is 1. The average molecular weight is 327 g/mol. The zero-order valence-corrected chi connectivity index (χ0v) is 13.7. The molecule has 0 spiro atoms. The van der Waals surface area contributed by atoms with Gasteiger partial charge in [-0.05, 0) is 36.6 Å². The van der Waals surface area contributed by atoms with E-state index in [1.807, 2.05) is 35.2 Å². The largest absolute Gasteiger partial charge is 0.380 e. The molecule has 1 atom stereocenters. The molecule has 3 rings (SSSR count). The summed E-state index contributed by atoms with van der Waals surface area (Å²) in [5.74, 6) is 0.172. The number of methoxy groups -OCH3 is 1. The number of rotatable bonds is 4. The number of hydrogen-bond acceptors (Lipinski definition) is 4. The van der Waals surface area contributed by atoms with Crippen LogP contribution in [0.5, 0.6) is 0 Å². The predicted octanol–water partition coefficient (Wildman–Crippen LogP) is 1.94. The fourth-order valence-electron chi connectivity index (χ4n) is 3.13. The Labute approximate surface area is 140 Å². The van der Waals surface area contributed by atoms with Crippen molar-refractivity contribution in [3.8, 4) is 0 Å². The van der Waals surface area contributed by atoms with Crippen LogP contribution in [-0.4, -0.2) is 41.0 Å². The highest BCUT2D eigenvalue weighted by molar-refractivity contribution is 5.94. The Kier molecular flexibility index (Phi) is 5.05. The highest BCUT2D eigenvalue weighted by Gasteiger charge is 2.26. The molecule has 0 saturated carbocycles. The number of hydrogen-bond donors (Lipinski definition) is 1. The van der Waals surface area contributed by atoms with Gasteiger partial charge >= 0.3 is 5.69 Å². The summed E-state index contributed by atoms with van der Waals surface area (Å²) in [6.07, 6.45) is 3.39. The molecule has 1 saturated heterocycles. The molecule has 1 unspecified atom stereocenters. The Morgan fingerprint density at radius 2 is 2.12 bits per heavy atom. The van der Waals surface area contributed by atoms with E-state index in [0.29, 0.717) is 18.7 Å². The minimum Gasteiger partial charge on any atom is -0.380 e. The maximum Gasteiger partial charge on any atom is 0.345 e. The number of piperidine rings is 1. The number of amides is 1.